The van der Waals surface area contributed by atoms with Crippen LogP contribution in [0, 0.1) is 5.82 Å². The number of ether oxygens (including phenoxy) is 1. The first-order valence-electron chi connectivity index (χ1n) is 5.88. The van der Waals surface area contributed by atoms with E-state index in [0.29, 0.717) is 11.4 Å². The highest BCUT2D eigenvalue weighted by Crippen LogP contribution is 2.31. The SMILES string of the molecule is Nc1ccc(OCC(=O)Nc2c(Cl)cc(F)cc2Cl)cc1. The Morgan fingerprint density at radius 1 is 1.19 bits per heavy atom. The van der Waals surface area contributed by atoms with E-state index in [1.165, 1.54) is 0 Å². The minimum Gasteiger partial charge on any atom is -0.484 e. The number of carbonyl (C=O) groups is 1. The molecule has 0 atom stereocenters. The summed E-state index contributed by atoms with van der Waals surface area (Å²) in [5, 5.41) is 2.50. The highest BCUT2D eigenvalue weighted by Gasteiger charge is 2.12. The third kappa shape index (κ3) is 4.24. The van der Waals surface area contributed by atoms with Crippen molar-refractivity contribution in [3.05, 3.63) is 52.3 Å². The number of benzene rings is 2. The second-order valence-electron chi connectivity index (χ2n) is 4.15. The van der Waals surface area contributed by atoms with Gasteiger partial charge in [-0.05, 0) is 36.4 Å². The summed E-state index contributed by atoms with van der Waals surface area (Å²) in [5.41, 5.74) is 6.27. The molecule has 3 N–H and O–H groups in total. The monoisotopic (exact) mass is 328 g/mol. The number of halogens is 3. The zero-order valence-electron chi connectivity index (χ0n) is 10.7. The van der Waals surface area contributed by atoms with E-state index in [1.807, 2.05) is 0 Å². The largest absolute Gasteiger partial charge is 0.484 e. The summed E-state index contributed by atoms with van der Waals surface area (Å²) in [6.45, 7) is -0.242. The molecule has 0 bridgehead atoms. The molecule has 21 heavy (non-hydrogen) atoms. The molecule has 0 aliphatic rings. The average Bonchev–Trinajstić information content (AvgIpc) is 2.42. The molecule has 0 saturated carbocycles. The molecule has 110 valence electrons. The molecule has 0 aromatic heterocycles. The molecule has 2 rings (SSSR count). The van der Waals surface area contributed by atoms with Gasteiger partial charge in [-0.2, -0.15) is 0 Å². The second-order valence-corrected chi connectivity index (χ2v) is 4.96. The summed E-state index contributed by atoms with van der Waals surface area (Å²) in [6, 6.07) is 8.70. The van der Waals surface area contributed by atoms with Gasteiger partial charge in [0.25, 0.3) is 5.91 Å². The number of carbonyl (C=O) groups excluding carboxylic acids is 1. The van der Waals surface area contributed by atoms with E-state index in [2.05, 4.69) is 5.32 Å². The van der Waals surface area contributed by atoms with Crippen LogP contribution in [0.15, 0.2) is 36.4 Å². The zero-order valence-corrected chi connectivity index (χ0v) is 12.2. The Morgan fingerprint density at radius 2 is 1.76 bits per heavy atom. The van der Waals surface area contributed by atoms with Crippen LogP contribution in [0.1, 0.15) is 0 Å². The Balaban J connectivity index is 1.97. The van der Waals surface area contributed by atoms with Gasteiger partial charge in [-0.15, -0.1) is 0 Å². The fraction of sp³-hybridized carbons (Fsp3) is 0.0714. The van der Waals surface area contributed by atoms with Gasteiger partial charge in [-0.3, -0.25) is 4.79 Å². The Hall–Kier alpha value is -1.98. The van der Waals surface area contributed by atoms with Crippen molar-refractivity contribution in [1.82, 2.24) is 0 Å². The summed E-state index contributed by atoms with van der Waals surface area (Å²) in [5.74, 6) is -0.556. The third-order valence-electron chi connectivity index (χ3n) is 2.52. The molecule has 0 heterocycles. The van der Waals surface area contributed by atoms with Gasteiger partial charge in [0.1, 0.15) is 11.6 Å². The van der Waals surface area contributed by atoms with E-state index in [1.54, 1.807) is 24.3 Å². The first-order chi connectivity index (χ1) is 9.95. The van der Waals surface area contributed by atoms with Crippen LogP contribution >= 0.6 is 23.2 Å². The summed E-state index contributed by atoms with van der Waals surface area (Å²) in [4.78, 5) is 11.8. The standard InChI is InChI=1S/C14H11Cl2FN2O2/c15-11-5-8(17)6-12(16)14(11)19-13(20)7-21-10-3-1-9(18)2-4-10/h1-6H,7,18H2,(H,19,20). The van der Waals surface area contributed by atoms with Gasteiger partial charge in [0.2, 0.25) is 0 Å². The molecule has 0 radical (unpaired) electrons. The van der Waals surface area contributed by atoms with Crippen molar-refractivity contribution in [1.29, 1.82) is 0 Å². The number of hydrogen-bond donors (Lipinski definition) is 2. The van der Waals surface area contributed by atoms with Crippen molar-refractivity contribution in [2.75, 3.05) is 17.7 Å². The van der Waals surface area contributed by atoms with Crippen molar-refractivity contribution in [2.24, 2.45) is 0 Å². The maximum Gasteiger partial charge on any atom is 0.262 e. The van der Waals surface area contributed by atoms with Crippen LogP contribution in [0.3, 0.4) is 0 Å². The molecule has 2 aromatic carbocycles. The first-order valence-corrected chi connectivity index (χ1v) is 6.64. The summed E-state index contributed by atoms with van der Waals surface area (Å²) in [7, 11) is 0. The molecule has 0 unspecified atom stereocenters. The van der Waals surface area contributed by atoms with E-state index in [0.717, 1.165) is 12.1 Å². The lowest BCUT2D eigenvalue weighted by molar-refractivity contribution is -0.118. The third-order valence-corrected chi connectivity index (χ3v) is 3.12. The number of amides is 1. The summed E-state index contributed by atoms with van der Waals surface area (Å²) in [6.07, 6.45) is 0. The lowest BCUT2D eigenvalue weighted by Gasteiger charge is -2.10. The summed E-state index contributed by atoms with van der Waals surface area (Å²) >= 11 is 11.6. The number of nitrogens with two attached hydrogens (primary N) is 1. The maximum absolute atomic E-state index is 13.0. The zero-order chi connectivity index (χ0) is 15.4. The minimum absolute atomic E-state index is 0.0147. The molecular formula is C14H11Cl2FN2O2. The Labute approximate surface area is 130 Å². The van der Waals surface area contributed by atoms with Crippen LogP contribution in [0.5, 0.6) is 5.75 Å². The normalized spacial score (nSPS) is 10.2. The van der Waals surface area contributed by atoms with Crippen LogP contribution in [0.25, 0.3) is 0 Å². The van der Waals surface area contributed by atoms with Crippen molar-refractivity contribution in [2.45, 2.75) is 0 Å². The van der Waals surface area contributed by atoms with Crippen LogP contribution < -0.4 is 15.8 Å². The van der Waals surface area contributed by atoms with Crippen LogP contribution in [0.2, 0.25) is 10.0 Å². The van der Waals surface area contributed by atoms with Gasteiger partial charge in [0, 0.05) is 5.69 Å². The maximum atomic E-state index is 13.0. The first kappa shape index (κ1) is 15.4. The van der Waals surface area contributed by atoms with Gasteiger partial charge in [-0.1, -0.05) is 23.2 Å². The molecule has 0 fully saturated rings. The molecule has 1 amide bonds. The molecule has 2 aromatic rings. The smallest absolute Gasteiger partial charge is 0.262 e. The van der Waals surface area contributed by atoms with E-state index in [-0.39, 0.29) is 22.3 Å². The summed E-state index contributed by atoms with van der Waals surface area (Å²) < 4.78 is 18.3. The van der Waals surface area contributed by atoms with Crippen molar-refractivity contribution in [3.63, 3.8) is 0 Å². The number of nitrogens with one attached hydrogen (secondary N) is 1. The second kappa shape index (κ2) is 6.65. The lowest BCUT2D eigenvalue weighted by Crippen LogP contribution is -2.20. The lowest BCUT2D eigenvalue weighted by atomic mass is 10.3. The van der Waals surface area contributed by atoms with Crippen LogP contribution in [-0.2, 0) is 4.79 Å². The van der Waals surface area contributed by atoms with Crippen molar-refractivity contribution >= 4 is 40.5 Å². The van der Waals surface area contributed by atoms with Gasteiger partial charge in [0.05, 0.1) is 15.7 Å². The number of rotatable bonds is 4. The quantitative estimate of drug-likeness (QED) is 0.840. The average molecular weight is 329 g/mol. The van der Waals surface area contributed by atoms with E-state index < -0.39 is 11.7 Å². The van der Waals surface area contributed by atoms with Crippen molar-refractivity contribution < 1.29 is 13.9 Å². The fourth-order valence-corrected chi connectivity index (χ4v) is 2.10. The van der Waals surface area contributed by atoms with E-state index >= 15 is 0 Å². The molecule has 0 aliphatic carbocycles. The van der Waals surface area contributed by atoms with E-state index in [9.17, 15) is 9.18 Å². The van der Waals surface area contributed by atoms with Gasteiger partial charge in [0.15, 0.2) is 6.61 Å². The minimum atomic E-state index is -0.582. The number of anilines is 2. The molecule has 0 aliphatic heterocycles. The molecular weight excluding hydrogens is 318 g/mol. The fourth-order valence-electron chi connectivity index (χ4n) is 1.55. The van der Waals surface area contributed by atoms with Crippen molar-refractivity contribution in [3.8, 4) is 5.75 Å². The molecule has 0 saturated heterocycles. The van der Waals surface area contributed by atoms with Crippen LogP contribution in [0.4, 0.5) is 15.8 Å². The molecule has 7 heteroatoms. The van der Waals surface area contributed by atoms with Gasteiger partial charge < -0.3 is 15.8 Å². The van der Waals surface area contributed by atoms with Gasteiger partial charge >= 0.3 is 0 Å². The number of hydrogen-bond acceptors (Lipinski definition) is 3. The predicted octanol–water partition coefficient (Wildman–Crippen LogP) is 3.73. The van der Waals surface area contributed by atoms with E-state index in [4.69, 9.17) is 33.7 Å². The number of nitrogen functional groups attached to an aromatic ring is 1. The Bertz CT molecular complexity index is 640. The highest BCUT2D eigenvalue weighted by molar-refractivity contribution is 6.39. The predicted molar refractivity (Wildman–Crippen MR) is 81.4 cm³/mol. The molecule has 4 nitrogen and oxygen atoms in total. The van der Waals surface area contributed by atoms with Crippen LogP contribution in [-0.4, -0.2) is 12.5 Å². The highest BCUT2D eigenvalue weighted by atomic mass is 35.5. The topological polar surface area (TPSA) is 64.3 Å². The Morgan fingerprint density at radius 3 is 2.33 bits per heavy atom. The Kier molecular flexibility index (Phi) is 4.88. The van der Waals surface area contributed by atoms with Gasteiger partial charge in [-0.25, -0.2) is 4.39 Å². The molecule has 0 spiro atoms.